The third-order valence-corrected chi connectivity index (χ3v) is 3.66. The molecule has 1 rings (SSSR count). The van der Waals surface area contributed by atoms with Crippen molar-refractivity contribution in [3.63, 3.8) is 0 Å². The van der Waals surface area contributed by atoms with Crippen molar-refractivity contribution in [2.45, 2.75) is 40.3 Å². The molecule has 1 heterocycles. The van der Waals surface area contributed by atoms with E-state index in [0.717, 1.165) is 32.1 Å². The van der Waals surface area contributed by atoms with Crippen LogP contribution in [0, 0.1) is 5.92 Å². The second-order valence-corrected chi connectivity index (χ2v) is 6.27. The molecular weight excluding hydrogens is 228 g/mol. The Balaban J connectivity index is 2.29. The molecule has 0 aliphatic heterocycles. The highest BCUT2D eigenvalue weighted by atomic mass is 32.1. The zero-order valence-corrected chi connectivity index (χ0v) is 12.4. The van der Waals surface area contributed by atoms with E-state index in [0.29, 0.717) is 6.04 Å². The maximum Gasteiger partial charge on any atom is 0.0331 e. The van der Waals surface area contributed by atoms with Crippen LogP contribution in [0.5, 0.6) is 0 Å². The molecule has 1 aromatic heterocycles. The van der Waals surface area contributed by atoms with Crippen molar-refractivity contribution in [1.29, 1.82) is 0 Å². The summed E-state index contributed by atoms with van der Waals surface area (Å²) in [4.78, 5) is 3.99. The summed E-state index contributed by atoms with van der Waals surface area (Å²) in [6.45, 7) is 13.5. The monoisotopic (exact) mass is 254 g/mol. The largest absolute Gasteiger partial charge is 0.315 e. The van der Waals surface area contributed by atoms with Gasteiger partial charge < -0.3 is 5.32 Å². The number of thiophene rings is 1. The third kappa shape index (κ3) is 6.20. The number of hydrogen-bond donors (Lipinski definition) is 1. The fourth-order valence-electron chi connectivity index (χ4n) is 1.74. The highest BCUT2D eigenvalue weighted by Crippen LogP contribution is 2.13. The summed E-state index contributed by atoms with van der Waals surface area (Å²) in [5.74, 6) is 0.736. The van der Waals surface area contributed by atoms with Crippen LogP contribution < -0.4 is 5.32 Å². The predicted octanol–water partition coefficient (Wildman–Crippen LogP) is 3.20. The lowest BCUT2D eigenvalue weighted by Gasteiger charge is -2.26. The number of nitrogens with zero attached hydrogens (tertiary/aromatic N) is 1. The van der Waals surface area contributed by atoms with Crippen LogP contribution in [-0.4, -0.2) is 30.6 Å². The van der Waals surface area contributed by atoms with Crippen LogP contribution >= 0.6 is 11.3 Å². The van der Waals surface area contributed by atoms with Gasteiger partial charge in [0.1, 0.15) is 0 Å². The minimum absolute atomic E-state index is 0.609. The molecule has 1 aromatic rings. The number of hydrogen-bond acceptors (Lipinski definition) is 3. The van der Waals surface area contributed by atoms with Crippen molar-refractivity contribution in [3.05, 3.63) is 22.4 Å². The Labute approximate surface area is 110 Å². The molecule has 0 aliphatic rings. The Bertz CT molecular complexity index is 280. The first kappa shape index (κ1) is 14.7. The molecule has 0 aliphatic carbocycles. The molecule has 0 amide bonds. The van der Waals surface area contributed by atoms with Gasteiger partial charge in [-0.05, 0) is 37.8 Å². The van der Waals surface area contributed by atoms with Crippen molar-refractivity contribution in [2.24, 2.45) is 5.92 Å². The van der Waals surface area contributed by atoms with E-state index in [1.807, 2.05) is 11.3 Å². The summed E-state index contributed by atoms with van der Waals surface area (Å²) in [7, 11) is 0. The molecule has 1 N–H and O–H groups in total. The van der Waals surface area contributed by atoms with Gasteiger partial charge in [0.05, 0.1) is 0 Å². The van der Waals surface area contributed by atoms with Crippen LogP contribution in [0.1, 0.15) is 32.6 Å². The summed E-state index contributed by atoms with van der Waals surface area (Å²) in [5.41, 5.74) is 0. The molecule has 0 saturated heterocycles. The lowest BCUT2D eigenvalue weighted by molar-refractivity contribution is 0.214. The molecule has 0 fully saturated rings. The van der Waals surface area contributed by atoms with Gasteiger partial charge >= 0.3 is 0 Å². The Kier molecular flexibility index (Phi) is 6.78. The maximum atomic E-state index is 3.51. The van der Waals surface area contributed by atoms with E-state index >= 15 is 0 Å². The first-order chi connectivity index (χ1) is 8.09. The van der Waals surface area contributed by atoms with E-state index < -0.39 is 0 Å². The first-order valence-corrected chi connectivity index (χ1v) is 7.44. The zero-order chi connectivity index (χ0) is 12.7. The van der Waals surface area contributed by atoms with Gasteiger partial charge in [-0.25, -0.2) is 0 Å². The Hall–Kier alpha value is -0.380. The molecule has 0 atom stereocenters. The molecule has 0 aromatic carbocycles. The van der Waals surface area contributed by atoms with Gasteiger partial charge in [0.15, 0.2) is 0 Å². The first-order valence-electron chi connectivity index (χ1n) is 6.56. The Morgan fingerprint density at radius 2 is 2.06 bits per heavy atom. The van der Waals surface area contributed by atoms with Crippen LogP contribution in [0.2, 0.25) is 0 Å². The number of rotatable bonds is 8. The second kappa shape index (κ2) is 7.85. The summed E-state index contributed by atoms with van der Waals surface area (Å²) in [5, 5.41) is 5.67. The number of nitrogens with one attached hydrogen (secondary N) is 1. The summed E-state index contributed by atoms with van der Waals surface area (Å²) >= 11 is 1.85. The third-order valence-electron chi connectivity index (χ3n) is 2.80. The van der Waals surface area contributed by atoms with Gasteiger partial charge in [-0.3, -0.25) is 4.90 Å². The normalized spacial score (nSPS) is 11.9. The highest BCUT2D eigenvalue weighted by Gasteiger charge is 2.10. The molecular formula is C14H26N2S. The van der Waals surface area contributed by atoms with Crippen molar-refractivity contribution in [3.8, 4) is 0 Å². The van der Waals surface area contributed by atoms with Crippen LogP contribution in [0.25, 0.3) is 0 Å². The second-order valence-electron chi connectivity index (χ2n) is 5.24. The molecule has 3 heteroatoms. The molecule has 0 bridgehead atoms. The Morgan fingerprint density at radius 3 is 2.59 bits per heavy atom. The fraction of sp³-hybridized carbons (Fsp3) is 0.714. The van der Waals surface area contributed by atoms with Gasteiger partial charge in [-0.2, -0.15) is 0 Å². The maximum absolute atomic E-state index is 3.51. The lowest BCUT2D eigenvalue weighted by Crippen LogP contribution is -2.37. The summed E-state index contributed by atoms with van der Waals surface area (Å²) < 4.78 is 0. The molecule has 17 heavy (non-hydrogen) atoms. The van der Waals surface area contributed by atoms with Crippen LogP contribution in [0.4, 0.5) is 0 Å². The van der Waals surface area contributed by atoms with Gasteiger partial charge in [0.2, 0.25) is 0 Å². The van der Waals surface area contributed by atoms with Gasteiger partial charge in [0.25, 0.3) is 0 Å². The van der Waals surface area contributed by atoms with Crippen molar-refractivity contribution < 1.29 is 0 Å². The molecule has 0 saturated carbocycles. The lowest BCUT2D eigenvalue weighted by atomic mass is 10.2. The molecule has 0 spiro atoms. The summed E-state index contributed by atoms with van der Waals surface area (Å²) in [6.07, 6.45) is 0. The predicted molar refractivity (Wildman–Crippen MR) is 77.6 cm³/mol. The standard InChI is InChI=1S/C14H26N2S/c1-12(2)10-15-7-8-16(13(3)4)11-14-6-5-9-17-14/h5-6,9,12-13,15H,7-8,10-11H2,1-4H3. The fourth-order valence-corrected chi connectivity index (χ4v) is 2.47. The SMILES string of the molecule is CC(C)CNCCN(Cc1cccs1)C(C)C. The van der Waals surface area contributed by atoms with E-state index in [9.17, 15) is 0 Å². The molecule has 0 unspecified atom stereocenters. The topological polar surface area (TPSA) is 15.3 Å². The van der Waals surface area contributed by atoms with Gasteiger partial charge in [-0.1, -0.05) is 19.9 Å². The smallest absolute Gasteiger partial charge is 0.0331 e. The minimum Gasteiger partial charge on any atom is -0.315 e. The van der Waals surface area contributed by atoms with Crippen molar-refractivity contribution in [2.75, 3.05) is 19.6 Å². The average Bonchev–Trinajstić information content (AvgIpc) is 2.74. The van der Waals surface area contributed by atoms with Gasteiger partial charge in [0, 0.05) is 30.6 Å². The van der Waals surface area contributed by atoms with Crippen LogP contribution in [0.15, 0.2) is 17.5 Å². The zero-order valence-electron chi connectivity index (χ0n) is 11.6. The highest BCUT2D eigenvalue weighted by molar-refractivity contribution is 7.09. The van der Waals surface area contributed by atoms with Crippen molar-refractivity contribution in [1.82, 2.24) is 10.2 Å². The molecule has 0 radical (unpaired) electrons. The minimum atomic E-state index is 0.609. The van der Waals surface area contributed by atoms with Gasteiger partial charge in [-0.15, -0.1) is 11.3 Å². The van der Waals surface area contributed by atoms with E-state index in [4.69, 9.17) is 0 Å². The van der Waals surface area contributed by atoms with Crippen molar-refractivity contribution >= 4 is 11.3 Å². The average molecular weight is 254 g/mol. The van der Waals surface area contributed by atoms with Crippen LogP contribution in [0.3, 0.4) is 0 Å². The molecule has 98 valence electrons. The summed E-state index contributed by atoms with van der Waals surface area (Å²) in [6, 6.07) is 4.97. The Morgan fingerprint density at radius 1 is 1.29 bits per heavy atom. The quantitative estimate of drug-likeness (QED) is 0.717. The van der Waals surface area contributed by atoms with E-state index in [2.05, 4.69) is 55.4 Å². The molecule has 2 nitrogen and oxygen atoms in total. The van der Waals surface area contributed by atoms with Crippen LogP contribution in [-0.2, 0) is 6.54 Å². The van der Waals surface area contributed by atoms with E-state index in [-0.39, 0.29) is 0 Å². The van der Waals surface area contributed by atoms with E-state index in [1.165, 1.54) is 4.88 Å². The van der Waals surface area contributed by atoms with E-state index in [1.54, 1.807) is 0 Å².